The van der Waals surface area contributed by atoms with Crippen LogP contribution in [0.15, 0.2) is 176 Å². The van der Waals surface area contributed by atoms with Crippen molar-refractivity contribution in [1.29, 1.82) is 0 Å². The standard InChI is InChI=1S/C52H41N/c1-51(2)47-17-11-10-16-43(47)46-32-41(26-29-48(46)51)53(40-23-20-36(21-24-40)38-19-18-35-14-8-9-15-37(35)30-38)42-25-28-45-44-27-22-39(34-12-6-5-7-13-34)31-49(44)52(3,4)50(45)33-42/h5-33H,1-4H3. The first-order valence-corrected chi connectivity index (χ1v) is 18.8. The number of hydrogen-bond acceptors (Lipinski definition) is 1. The van der Waals surface area contributed by atoms with E-state index in [-0.39, 0.29) is 10.8 Å². The zero-order valence-corrected chi connectivity index (χ0v) is 30.7. The Labute approximate surface area is 312 Å². The van der Waals surface area contributed by atoms with Gasteiger partial charge in [-0.1, -0.05) is 155 Å². The van der Waals surface area contributed by atoms with Crippen LogP contribution in [0.3, 0.4) is 0 Å². The molecule has 2 aliphatic carbocycles. The molecule has 0 saturated carbocycles. The Morgan fingerprint density at radius 1 is 0.302 bits per heavy atom. The third-order valence-electron chi connectivity index (χ3n) is 12.1. The smallest absolute Gasteiger partial charge is 0.0468 e. The zero-order valence-electron chi connectivity index (χ0n) is 30.7. The van der Waals surface area contributed by atoms with Gasteiger partial charge in [0.05, 0.1) is 0 Å². The van der Waals surface area contributed by atoms with Crippen LogP contribution in [0, 0.1) is 0 Å². The molecule has 0 aliphatic heterocycles. The van der Waals surface area contributed by atoms with Crippen LogP contribution in [0.5, 0.6) is 0 Å². The summed E-state index contributed by atoms with van der Waals surface area (Å²) in [5, 5.41) is 2.52. The van der Waals surface area contributed by atoms with Crippen molar-refractivity contribution in [2.45, 2.75) is 38.5 Å². The van der Waals surface area contributed by atoms with Gasteiger partial charge in [0, 0.05) is 27.9 Å². The summed E-state index contributed by atoms with van der Waals surface area (Å²) in [6.07, 6.45) is 0. The second-order valence-electron chi connectivity index (χ2n) is 15.8. The molecule has 2 aliphatic rings. The number of hydrogen-bond donors (Lipinski definition) is 0. The highest BCUT2D eigenvalue weighted by atomic mass is 15.1. The quantitative estimate of drug-likeness (QED) is 0.175. The Kier molecular flexibility index (Phi) is 6.94. The van der Waals surface area contributed by atoms with E-state index in [1.165, 1.54) is 77.5 Å². The Morgan fingerprint density at radius 2 is 0.811 bits per heavy atom. The summed E-state index contributed by atoms with van der Waals surface area (Å²) in [7, 11) is 0. The van der Waals surface area contributed by atoms with Gasteiger partial charge in [-0.3, -0.25) is 0 Å². The molecule has 0 unspecified atom stereocenters. The Morgan fingerprint density at radius 3 is 1.62 bits per heavy atom. The SMILES string of the molecule is CC1(C)c2ccccc2-c2cc(N(c3ccc(-c4ccc5ccccc5c4)cc3)c3ccc4c(c3)C(C)(C)c3cc(-c5ccccc5)ccc3-4)ccc21. The highest BCUT2D eigenvalue weighted by molar-refractivity contribution is 5.91. The lowest BCUT2D eigenvalue weighted by molar-refractivity contribution is 0.660. The van der Waals surface area contributed by atoms with E-state index in [1.807, 2.05) is 0 Å². The first-order valence-electron chi connectivity index (χ1n) is 18.8. The Bertz CT molecular complexity index is 2710. The van der Waals surface area contributed by atoms with Crippen molar-refractivity contribution in [1.82, 2.24) is 0 Å². The lowest BCUT2D eigenvalue weighted by Crippen LogP contribution is -2.17. The molecule has 10 rings (SSSR count). The van der Waals surface area contributed by atoms with E-state index in [0.29, 0.717) is 0 Å². The van der Waals surface area contributed by atoms with Gasteiger partial charge in [0.1, 0.15) is 0 Å². The predicted octanol–water partition coefficient (Wildman–Crippen LogP) is 14.3. The van der Waals surface area contributed by atoms with Crippen LogP contribution in [-0.4, -0.2) is 0 Å². The van der Waals surface area contributed by atoms with Gasteiger partial charge in [0.15, 0.2) is 0 Å². The summed E-state index contributed by atoms with van der Waals surface area (Å²) in [5.41, 5.74) is 19.1. The van der Waals surface area contributed by atoms with Gasteiger partial charge in [0.2, 0.25) is 0 Å². The van der Waals surface area contributed by atoms with Gasteiger partial charge >= 0.3 is 0 Å². The fourth-order valence-corrected chi connectivity index (χ4v) is 9.14. The maximum atomic E-state index is 2.45. The summed E-state index contributed by atoms with van der Waals surface area (Å²) >= 11 is 0. The Hall–Kier alpha value is -6.18. The molecule has 0 atom stereocenters. The van der Waals surface area contributed by atoms with Gasteiger partial charge in [-0.05, 0) is 126 Å². The van der Waals surface area contributed by atoms with Gasteiger partial charge in [-0.25, -0.2) is 0 Å². The fourth-order valence-electron chi connectivity index (χ4n) is 9.14. The number of nitrogens with zero attached hydrogens (tertiary/aromatic N) is 1. The topological polar surface area (TPSA) is 3.24 Å². The summed E-state index contributed by atoms with van der Waals surface area (Å²) in [6.45, 7) is 9.47. The van der Waals surface area contributed by atoms with Crippen LogP contribution < -0.4 is 4.90 Å². The van der Waals surface area contributed by atoms with Crippen molar-refractivity contribution < 1.29 is 0 Å². The van der Waals surface area contributed by atoms with E-state index in [0.717, 1.165) is 17.1 Å². The summed E-state index contributed by atoms with van der Waals surface area (Å²) in [5.74, 6) is 0. The first-order chi connectivity index (χ1) is 25.8. The molecule has 0 saturated heterocycles. The minimum absolute atomic E-state index is 0.0429. The van der Waals surface area contributed by atoms with Gasteiger partial charge in [-0.15, -0.1) is 0 Å². The molecule has 0 N–H and O–H groups in total. The molecule has 0 aromatic heterocycles. The number of anilines is 3. The maximum absolute atomic E-state index is 2.45. The van der Waals surface area contributed by atoms with Crippen molar-refractivity contribution in [2.24, 2.45) is 0 Å². The van der Waals surface area contributed by atoms with Crippen molar-refractivity contribution in [3.8, 4) is 44.5 Å². The molecule has 8 aromatic rings. The molecule has 0 amide bonds. The van der Waals surface area contributed by atoms with Gasteiger partial charge in [-0.2, -0.15) is 0 Å². The van der Waals surface area contributed by atoms with Crippen LogP contribution in [0.4, 0.5) is 17.1 Å². The van der Waals surface area contributed by atoms with E-state index in [1.54, 1.807) is 0 Å². The third-order valence-corrected chi connectivity index (χ3v) is 12.1. The molecule has 0 radical (unpaired) electrons. The summed E-state index contributed by atoms with van der Waals surface area (Å²) in [4.78, 5) is 2.45. The van der Waals surface area contributed by atoms with Crippen LogP contribution in [0.1, 0.15) is 49.9 Å². The van der Waals surface area contributed by atoms with E-state index in [9.17, 15) is 0 Å². The highest BCUT2D eigenvalue weighted by Gasteiger charge is 2.38. The summed E-state index contributed by atoms with van der Waals surface area (Å²) < 4.78 is 0. The number of benzene rings is 8. The zero-order chi connectivity index (χ0) is 35.9. The van der Waals surface area contributed by atoms with E-state index in [2.05, 4.69) is 209 Å². The lowest BCUT2D eigenvalue weighted by atomic mass is 9.81. The molecule has 0 spiro atoms. The minimum Gasteiger partial charge on any atom is -0.310 e. The predicted molar refractivity (Wildman–Crippen MR) is 225 cm³/mol. The van der Waals surface area contributed by atoms with E-state index >= 15 is 0 Å². The largest absolute Gasteiger partial charge is 0.310 e. The van der Waals surface area contributed by atoms with Crippen molar-refractivity contribution >= 4 is 27.8 Å². The van der Waals surface area contributed by atoms with Crippen molar-refractivity contribution in [3.05, 3.63) is 198 Å². The van der Waals surface area contributed by atoms with Crippen LogP contribution in [0.2, 0.25) is 0 Å². The van der Waals surface area contributed by atoms with Gasteiger partial charge < -0.3 is 4.90 Å². The molecular formula is C52H41N. The average molecular weight is 680 g/mol. The Balaban J connectivity index is 1.11. The number of fused-ring (bicyclic) bond motifs is 7. The summed E-state index contributed by atoms with van der Waals surface area (Å²) in [6, 6.07) is 65.3. The normalized spacial score (nSPS) is 14.3. The molecule has 8 aromatic carbocycles. The van der Waals surface area contributed by atoms with E-state index in [4.69, 9.17) is 0 Å². The fraction of sp³-hybridized carbons (Fsp3) is 0.115. The molecule has 0 bridgehead atoms. The maximum Gasteiger partial charge on any atom is 0.0468 e. The molecule has 0 fully saturated rings. The molecule has 53 heavy (non-hydrogen) atoms. The first kappa shape index (κ1) is 31.5. The van der Waals surface area contributed by atoms with Crippen molar-refractivity contribution in [3.63, 3.8) is 0 Å². The highest BCUT2D eigenvalue weighted by Crippen LogP contribution is 2.53. The second kappa shape index (κ2) is 11.7. The molecular weight excluding hydrogens is 639 g/mol. The average Bonchev–Trinajstić information content (AvgIpc) is 3.57. The third kappa shape index (κ3) is 4.91. The van der Waals surface area contributed by atoms with Crippen molar-refractivity contribution in [2.75, 3.05) is 4.90 Å². The van der Waals surface area contributed by atoms with Gasteiger partial charge in [0.25, 0.3) is 0 Å². The lowest BCUT2D eigenvalue weighted by Gasteiger charge is -2.29. The van der Waals surface area contributed by atoms with Crippen LogP contribution >= 0.6 is 0 Å². The van der Waals surface area contributed by atoms with Crippen LogP contribution in [0.25, 0.3) is 55.3 Å². The molecule has 254 valence electrons. The van der Waals surface area contributed by atoms with E-state index < -0.39 is 0 Å². The molecule has 1 nitrogen and oxygen atoms in total. The molecule has 1 heteroatoms. The second-order valence-corrected chi connectivity index (χ2v) is 15.8. The molecule has 0 heterocycles. The number of rotatable bonds is 5. The monoisotopic (exact) mass is 679 g/mol. The minimum atomic E-state index is -0.155. The van der Waals surface area contributed by atoms with Crippen LogP contribution in [-0.2, 0) is 10.8 Å².